The van der Waals surface area contributed by atoms with Crippen molar-refractivity contribution in [2.75, 3.05) is 13.2 Å². The zero-order valence-corrected chi connectivity index (χ0v) is 24.6. The summed E-state index contributed by atoms with van der Waals surface area (Å²) in [5.41, 5.74) is 0.894. The van der Waals surface area contributed by atoms with Crippen molar-refractivity contribution in [2.24, 2.45) is 0 Å². The van der Waals surface area contributed by atoms with E-state index >= 15 is 0 Å². The summed E-state index contributed by atoms with van der Waals surface area (Å²) in [6, 6.07) is 54.0. The van der Waals surface area contributed by atoms with Crippen molar-refractivity contribution < 1.29 is 4.74 Å². The van der Waals surface area contributed by atoms with E-state index in [1.54, 1.807) is 0 Å². The van der Waals surface area contributed by atoms with E-state index in [9.17, 15) is 0 Å². The van der Waals surface area contributed by atoms with Crippen molar-refractivity contribution in [1.82, 2.24) is 5.09 Å². The van der Waals surface area contributed by atoms with Gasteiger partial charge in [-0.15, -0.1) is 0 Å². The van der Waals surface area contributed by atoms with Gasteiger partial charge in [0.2, 0.25) is 0 Å². The van der Waals surface area contributed by atoms with Crippen molar-refractivity contribution in [3.63, 3.8) is 0 Å². The number of benzene rings is 5. The van der Waals surface area contributed by atoms with Crippen LogP contribution in [0.15, 0.2) is 152 Å². The molecule has 1 saturated heterocycles. The van der Waals surface area contributed by atoms with Crippen LogP contribution in [-0.2, 0) is 10.3 Å². The van der Waals surface area contributed by atoms with Gasteiger partial charge in [0.05, 0.1) is 0 Å². The molecule has 0 spiro atoms. The molecule has 0 amide bonds. The molecule has 1 heterocycles. The summed E-state index contributed by atoms with van der Waals surface area (Å²) in [5, 5.41) is 6.82. The first kappa shape index (κ1) is 27.5. The predicted octanol–water partition coefficient (Wildman–Crippen LogP) is 7.03. The van der Waals surface area contributed by atoms with Crippen LogP contribution in [0.3, 0.4) is 0 Å². The van der Waals surface area contributed by atoms with Crippen molar-refractivity contribution in [1.29, 1.82) is 0 Å². The first-order valence-electron chi connectivity index (χ1n) is 13.5. The first-order chi connectivity index (χ1) is 19.2. The molecule has 5 aromatic carbocycles. The van der Waals surface area contributed by atoms with Gasteiger partial charge in [0.1, 0.15) is 0 Å². The molecule has 0 bridgehead atoms. The molecule has 5 aromatic rings. The van der Waals surface area contributed by atoms with Crippen LogP contribution in [0, 0.1) is 0 Å². The predicted molar refractivity (Wildman–Crippen MR) is 167 cm³/mol. The number of nitrogens with one attached hydrogen (secondary N) is 1. The zero-order chi connectivity index (χ0) is 26.8. The zero-order valence-electron chi connectivity index (χ0n) is 22.0. The van der Waals surface area contributed by atoms with E-state index in [2.05, 4.69) is 172 Å². The van der Waals surface area contributed by atoms with Crippen LogP contribution < -0.4 is 15.7 Å². The molecule has 39 heavy (non-hydrogen) atoms. The molecule has 0 unspecified atom stereocenters. The normalized spacial score (nSPS) is 13.3. The molecule has 0 aromatic heterocycles. The Morgan fingerprint density at radius 2 is 0.795 bits per heavy atom. The molecule has 1 N–H and O–H groups in total. The molecule has 6 rings (SSSR count). The van der Waals surface area contributed by atoms with Gasteiger partial charge >= 0.3 is 210 Å². The molecule has 4 heteroatoms. The summed E-state index contributed by atoms with van der Waals surface area (Å²) >= 11 is 3.69. The SMILES string of the molecule is C1CCOC1.[Se]=P(NC(c1ccccc1)(c1ccccc1)c1ccccc1)(c1ccccc1)c1ccccc1. The average molecular weight is 595 g/mol. The van der Waals surface area contributed by atoms with Gasteiger partial charge in [0, 0.05) is 13.2 Å². The van der Waals surface area contributed by atoms with Crippen LogP contribution in [0.1, 0.15) is 29.5 Å². The fourth-order valence-corrected chi connectivity index (χ4v) is 10.1. The minimum atomic E-state index is -2.17. The van der Waals surface area contributed by atoms with Crippen LogP contribution in [0.2, 0.25) is 0 Å². The molecular weight excluding hydrogens is 560 g/mol. The van der Waals surface area contributed by atoms with Crippen LogP contribution in [0.4, 0.5) is 0 Å². The maximum atomic E-state index is 4.94. The van der Waals surface area contributed by atoms with Crippen molar-refractivity contribution in [3.05, 3.63) is 168 Å². The van der Waals surface area contributed by atoms with E-state index in [1.165, 1.54) is 40.1 Å². The van der Waals surface area contributed by atoms with Crippen molar-refractivity contribution in [3.8, 4) is 0 Å². The van der Waals surface area contributed by atoms with Crippen molar-refractivity contribution >= 4 is 31.4 Å². The van der Waals surface area contributed by atoms with Gasteiger partial charge in [0.15, 0.2) is 0 Å². The maximum absolute atomic E-state index is 4.94. The van der Waals surface area contributed by atoms with Crippen LogP contribution in [0.25, 0.3) is 0 Å². The summed E-state index contributed by atoms with van der Waals surface area (Å²) in [6.07, 6.45) is 2.56. The monoisotopic (exact) mass is 595 g/mol. The Hall–Kier alpha value is -3.03. The van der Waals surface area contributed by atoms with E-state index in [1.807, 2.05) is 0 Å². The van der Waals surface area contributed by atoms with Gasteiger partial charge in [-0.25, -0.2) is 0 Å². The van der Waals surface area contributed by atoms with E-state index in [0.29, 0.717) is 0 Å². The Balaban J connectivity index is 0.000000555. The molecule has 0 aliphatic carbocycles. The molecule has 1 fully saturated rings. The van der Waals surface area contributed by atoms with E-state index in [4.69, 9.17) is 4.74 Å². The molecule has 196 valence electrons. The Morgan fingerprint density at radius 3 is 1.08 bits per heavy atom. The molecule has 0 radical (unpaired) electrons. The van der Waals surface area contributed by atoms with Crippen LogP contribution in [0.5, 0.6) is 0 Å². The third-order valence-electron chi connectivity index (χ3n) is 7.01. The standard InChI is InChI=1S/C31H26NPSe.C4H8O/c34-33(29-22-12-4-13-23-29,30-24-14-5-15-25-30)32-31(26-16-6-1-7-17-26,27-18-8-2-9-19-27)28-20-10-3-11-21-28;1-2-4-5-3-1/h1-25H,(H,32,34);1-4H2. The second kappa shape index (κ2) is 13.4. The topological polar surface area (TPSA) is 21.3 Å². The van der Waals surface area contributed by atoms with Gasteiger partial charge in [-0.2, -0.15) is 0 Å². The fraction of sp³-hybridized carbons (Fsp3) is 0.143. The van der Waals surface area contributed by atoms with Gasteiger partial charge in [-0.1, -0.05) is 0 Å². The summed E-state index contributed by atoms with van der Waals surface area (Å²) in [7, 11) is 0. The second-order valence-electron chi connectivity index (χ2n) is 9.56. The molecule has 0 atom stereocenters. The Kier molecular flexibility index (Phi) is 9.43. The number of ether oxygens (including phenoxy) is 1. The number of rotatable bonds is 7. The molecule has 1 aliphatic rings. The number of hydrogen-bond donors (Lipinski definition) is 1. The average Bonchev–Trinajstić information content (AvgIpc) is 3.63. The van der Waals surface area contributed by atoms with E-state index in [0.717, 1.165) is 13.2 Å². The Labute approximate surface area is 240 Å². The molecule has 0 saturated carbocycles. The third-order valence-corrected chi connectivity index (χ3v) is 12.9. The summed E-state index contributed by atoms with van der Waals surface area (Å²) in [6.45, 7) is 2.00. The van der Waals surface area contributed by atoms with E-state index < -0.39 is 11.2 Å². The summed E-state index contributed by atoms with van der Waals surface area (Å²) in [4.78, 5) is 0. The Morgan fingerprint density at radius 1 is 0.487 bits per heavy atom. The summed E-state index contributed by atoms with van der Waals surface area (Å²) < 4.78 is 4.94. The molecule has 1 aliphatic heterocycles. The fourth-order valence-electron chi connectivity index (χ4n) is 5.06. The molecule has 2 nitrogen and oxygen atoms in total. The van der Waals surface area contributed by atoms with Gasteiger partial charge < -0.3 is 4.74 Å². The number of hydrogen-bond acceptors (Lipinski definition) is 2. The van der Waals surface area contributed by atoms with Crippen LogP contribution in [-0.4, -0.2) is 28.3 Å². The Bertz CT molecular complexity index is 1310. The van der Waals surface area contributed by atoms with Gasteiger partial charge in [0.25, 0.3) is 0 Å². The molecular formula is C35H34NOPSe. The van der Waals surface area contributed by atoms with E-state index in [-0.39, 0.29) is 0 Å². The summed E-state index contributed by atoms with van der Waals surface area (Å²) in [5.74, 6) is 0. The van der Waals surface area contributed by atoms with Gasteiger partial charge in [-0.05, 0) is 12.8 Å². The second-order valence-corrected chi connectivity index (χ2v) is 15.5. The van der Waals surface area contributed by atoms with Gasteiger partial charge in [-0.3, -0.25) is 0 Å². The minimum absolute atomic E-state index is 0.561. The van der Waals surface area contributed by atoms with Crippen molar-refractivity contribution in [2.45, 2.75) is 18.4 Å². The first-order valence-corrected chi connectivity index (χ1v) is 17.5. The quantitative estimate of drug-likeness (QED) is 0.124. The van der Waals surface area contributed by atoms with Crippen LogP contribution >= 0.6 is 5.66 Å². The third kappa shape index (κ3) is 6.25.